The summed E-state index contributed by atoms with van der Waals surface area (Å²) in [5.74, 6) is 0. The van der Waals surface area contributed by atoms with Gasteiger partial charge < -0.3 is 0 Å². The van der Waals surface area contributed by atoms with Crippen LogP contribution in [0.1, 0.15) is 6.42 Å². The molecule has 0 bridgehead atoms. The van der Waals surface area contributed by atoms with E-state index in [-0.39, 0.29) is 0 Å². The van der Waals surface area contributed by atoms with Crippen molar-refractivity contribution in [3.63, 3.8) is 0 Å². The van der Waals surface area contributed by atoms with Gasteiger partial charge >= 0.3 is 0 Å². The summed E-state index contributed by atoms with van der Waals surface area (Å²) in [6.45, 7) is 3.24. The van der Waals surface area contributed by atoms with Crippen LogP contribution in [0.2, 0.25) is 0 Å². The minimum atomic E-state index is 0.389. The average molecular weight is 57.1 g/mol. The molecule has 1 nitrogen and oxygen atoms in total. The van der Waals surface area contributed by atoms with Crippen molar-refractivity contribution in [3.05, 3.63) is 6.92 Å². The van der Waals surface area contributed by atoms with Crippen molar-refractivity contribution >= 4 is 6.29 Å². The highest BCUT2D eigenvalue weighted by atomic mass is 16.1. The van der Waals surface area contributed by atoms with Crippen molar-refractivity contribution in [2.45, 2.75) is 6.42 Å². The molecule has 0 fully saturated rings. The summed E-state index contributed by atoms with van der Waals surface area (Å²) in [5, 5.41) is 0. The molecule has 0 atom stereocenters. The first-order valence-corrected chi connectivity index (χ1v) is 1.14. The van der Waals surface area contributed by atoms with E-state index in [9.17, 15) is 0 Å². The molecule has 0 unspecified atom stereocenters. The van der Waals surface area contributed by atoms with E-state index in [0.29, 0.717) is 6.42 Å². The van der Waals surface area contributed by atoms with E-state index in [1.807, 2.05) is 0 Å². The summed E-state index contributed by atoms with van der Waals surface area (Å²) in [5.41, 5.74) is 0. The molecule has 0 saturated heterocycles. The van der Waals surface area contributed by atoms with E-state index in [1.54, 1.807) is 0 Å². The lowest BCUT2D eigenvalue weighted by atomic mass is 10.6. The van der Waals surface area contributed by atoms with Crippen LogP contribution in [-0.4, -0.2) is 6.29 Å². The largest absolute Gasteiger partial charge is 0.299 e. The van der Waals surface area contributed by atoms with Crippen molar-refractivity contribution < 1.29 is 4.79 Å². The van der Waals surface area contributed by atoms with Crippen LogP contribution in [0.15, 0.2) is 0 Å². The van der Waals surface area contributed by atoms with Crippen LogP contribution in [0.5, 0.6) is 0 Å². The predicted octanol–water partition coefficient (Wildman–Crippen LogP) is 0.409. The van der Waals surface area contributed by atoms with Crippen LogP contribution < -0.4 is 0 Å². The Morgan fingerprint density at radius 2 is 2.25 bits per heavy atom. The van der Waals surface area contributed by atoms with Gasteiger partial charge in [-0.25, -0.2) is 0 Å². The number of hydrogen-bond acceptors (Lipinski definition) is 1. The highest BCUT2D eigenvalue weighted by molar-refractivity contribution is 5.49. The lowest BCUT2D eigenvalue weighted by Crippen LogP contribution is -1.55. The Morgan fingerprint density at radius 3 is 2.25 bits per heavy atom. The maximum atomic E-state index is 9.11. The van der Waals surface area contributed by atoms with Crippen LogP contribution in [-0.2, 0) is 4.79 Å². The molecule has 0 N–H and O–H groups in total. The SMILES string of the molecule is [CH2+]CC=O. The molecule has 0 aliphatic heterocycles. The van der Waals surface area contributed by atoms with Crippen molar-refractivity contribution in [1.29, 1.82) is 0 Å². The van der Waals surface area contributed by atoms with Crippen molar-refractivity contribution in [1.82, 2.24) is 0 Å². The highest BCUT2D eigenvalue weighted by Gasteiger charge is 1.62. The van der Waals surface area contributed by atoms with E-state index in [4.69, 9.17) is 4.79 Å². The molecular weight excluding hydrogens is 52.0 g/mol. The van der Waals surface area contributed by atoms with Gasteiger partial charge in [-0.05, 0) is 0 Å². The molecule has 1 heteroatoms. The first-order chi connectivity index (χ1) is 1.91. The van der Waals surface area contributed by atoms with Crippen molar-refractivity contribution in [3.8, 4) is 0 Å². The maximum Gasteiger partial charge on any atom is 0.164 e. The van der Waals surface area contributed by atoms with Gasteiger partial charge in [0.05, 0.1) is 6.92 Å². The van der Waals surface area contributed by atoms with Crippen LogP contribution >= 0.6 is 0 Å². The van der Waals surface area contributed by atoms with E-state index in [0.717, 1.165) is 6.29 Å². The first-order valence-electron chi connectivity index (χ1n) is 1.14. The Labute approximate surface area is 25.6 Å². The summed E-state index contributed by atoms with van der Waals surface area (Å²) in [7, 11) is 0. The van der Waals surface area contributed by atoms with Crippen molar-refractivity contribution in [2.75, 3.05) is 0 Å². The summed E-state index contributed by atoms with van der Waals surface area (Å²) < 4.78 is 0. The van der Waals surface area contributed by atoms with E-state index < -0.39 is 0 Å². The summed E-state index contributed by atoms with van der Waals surface area (Å²) in [4.78, 5) is 9.11. The summed E-state index contributed by atoms with van der Waals surface area (Å²) >= 11 is 0. The fourth-order valence-corrected chi connectivity index (χ4v) is 0. The molecule has 0 saturated carbocycles. The van der Waals surface area contributed by atoms with Gasteiger partial charge in [0, 0.05) is 0 Å². The summed E-state index contributed by atoms with van der Waals surface area (Å²) in [6.07, 6.45) is 1.15. The first kappa shape index (κ1) is 3.54. The van der Waals surface area contributed by atoms with Crippen LogP contribution in [0, 0.1) is 6.92 Å². The molecule has 0 aliphatic rings. The van der Waals surface area contributed by atoms with Gasteiger partial charge in [0.15, 0.2) is 6.29 Å². The molecule has 0 aromatic heterocycles. The Morgan fingerprint density at radius 1 is 2.00 bits per heavy atom. The number of carbonyl (C=O) groups excluding carboxylic acids is 1. The third kappa shape index (κ3) is 1.54. The Balaban J connectivity index is 2.30. The zero-order chi connectivity index (χ0) is 3.41. The lowest BCUT2D eigenvalue weighted by Gasteiger charge is -1.42. The lowest BCUT2D eigenvalue weighted by molar-refractivity contribution is -0.107. The fraction of sp³-hybridized carbons (Fsp3) is 0.333. The van der Waals surface area contributed by atoms with Gasteiger partial charge in [-0.15, -0.1) is 0 Å². The zero-order valence-electron chi connectivity index (χ0n) is 2.40. The van der Waals surface area contributed by atoms with Gasteiger partial charge in [-0.3, -0.25) is 4.79 Å². The molecule has 0 aromatic carbocycles. The van der Waals surface area contributed by atoms with E-state index >= 15 is 0 Å². The molecule has 0 amide bonds. The van der Waals surface area contributed by atoms with Gasteiger partial charge in [-0.2, -0.15) is 0 Å². The second-order valence-electron chi connectivity index (χ2n) is 0.455. The van der Waals surface area contributed by atoms with Gasteiger partial charge in [0.1, 0.15) is 6.42 Å². The average Bonchev–Trinajstić information content (AvgIpc) is 1.37. The van der Waals surface area contributed by atoms with Gasteiger partial charge in [0.2, 0.25) is 0 Å². The highest BCUT2D eigenvalue weighted by Crippen LogP contribution is 1.51. The number of rotatable bonds is 1. The monoisotopic (exact) mass is 57.0 g/mol. The zero-order valence-corrected chi connectivity index (χ0v) is 2.40. The Hall–Kier alpha value is -0.460. The third-order valence-electron chi connectivity index (χ3n) is 0.118. The Bertz CT molecular complexity index is 17.2. The van der Waals surface area contributed by atoms with Crippen LogP contribution in [0.3, 0.4) is 0 Å². The fourth-order valence-electron chi connectivity index (χ4n) is 0. The second-order valence-corrected chi connectivity index (χ2v) is 0.455. The minimum Gasteiger partial charge on any atom is -0.299 e. The molecule has 0 radical (unpaired) electrons. The predicted molar refractivity (Wildman–Crippen MR) is 16.0 cm³/mol. The van der Waals surface area contributed by atoms with Crippen molar-refractivity contribution in [2.24, 2.45) is 0 Å². The molecule has 0 aliphatic carbocycles. The molecule has 0 heterocycles. The summed E-state index contributed by atoms with van der Waals surface area (Å²) in [6, 6.07) is 0. The molecule has 0 spiro atoms. The molecule has 0 aromatic rings. The number of carbonyl (C=O) groups is 1. The molecule has 22 valence electrons. The molecular formula is C3H5O+. The smallest absolute Gasteiger partial charge is 0.164 e. The van der Waals surface area contributed by atoms with E-state index in [1.165, 1.54) is 0 Å². The second kappa shape index (κ2) is 2.54. The quantitative estimate of drug-likeness (QED) is 0.314. The number of aldehydes is 1. The molecule has 4 heavy (non-hydrogen) atoms. The topological polar surface area (TPSA) is 17.1 Å². The van der Waals surface area contributed by atoms with Gasteiger partial charge in [0.25, 0.3) is 0 Å². The Kier molecular flexibility index (Phi) is 2.25. The van der Waals surface area contributed by atoms with Gasteiger partial charge in [-0.1, -0.05) is 0 Å². The maximum absolute atomic E-state index is 9.11. The van der Waals surface area contributed by atoms with Crippen LogP contribution in [0.4, 0.5) is 0 Å². The normalized spacial score (nSPS) is 6.00. The van der Waals surface area contributed by atoms with E-state index in [2.05, 4.69) is 6.92 Å². The third-order valence-corrected chi connectivity index (χ3v) is 0.118. The number of hydrogen-bond donors (Lipinski definition) is 0. The van der Waals surface area contributed by atoms with Crippen LogP contribution in [0.25, 0.3) is 0 Å². The standard InChI is InChI=1S/C3H5O/c1-2-3-4/h3H,1-2H2/q+1. The minimum absolute atomic E-state index is 0.389. The molecule has 0 rings (SSSR count).